The number of nitriles is 1. The molecule has 0 heterocycles. The van der Waals surface area contributed by atoms with Gasteiger partial charge in [0.2, 0.25) is 10.0 Å². The Labute approximate surface area is 104 Å². The smallest absolute Gasteiger partial charge is 0.247 e. The number of hydrogen-bond donors (Lipinski definition) is 1. The highest BCUT2D eigenvalue weighted by molar-refractivity contribution is 8.08. The molecule has 0 saturated carbocycles. The van der Waals surface area contributed by atoms with Crippen LogP contribution in [0.1, 0.15) is 5.56 Å². The zero-order valence-corrected chi connectivity index (χ0v) is 10.8. The molecule has 0 aromatic heterocycles. The van der Waals surface area contributed by atoms with Crippen LogP contribution in [0.15, 0.2) is 18.2 Å². The number of sulfone groups is 1. The van der Waals surface area contributed by atoms with Gasteiger partial charge in [-0.3, -0.25) is 4.72 Å². The molecule has 98 valence electrons. The highest BCUT2D eigenvalue weighted by Gasteiger charge is 2.19. The molecule has 0 amide bonds. The van der Waals surface area contributed by atoms with Gasteiger partial charge < -0.3 is 0 Å². The fourth-order valence-corrected chi connectivity index (χ4v) is 4.14. The lowest BCUT2D eigenvalue weighted by molar-refractivity contribution is 0.593. The van der Waals surface area contributed by atoms with Crippen LogP contribution in [0.2, 0.25) is 0 Å². The first-order valence-corrected chi connectivity index (χ1v) is 8.22. The fraction of sp³-hybridized carbons (Fsp3) is 0.222. The van der Waals surface area contributed by atoms with Crippen molar-refractivity contribution in [2.45, 2.75) is 0 Å². The molecule has 0 radical (unpaired) electrons. The highest BCUT2D eigenvalue weighted by atomic mass is 32.3. The van der Waals surface area contributed by atoms with Crippen LogP contribution in [0.25, 0.3) is 0 Å². The van der Waals surface area contributed by atoms with Crippen molar-refractivity contribution in [3.63, 3.8) is 0 Å². The number of nitrogens with one attached hydrogen (secondary N) is 1. The van der Waals surface area contributed by atoms with Crippen LogP contribution in [0, 0.1) is 17.1 Å². The van der Waals surface area contributed by atoms with Crippen LogP contribution in [0.3, 0.4) is 0 Å². The van der Waals surface area contributed by atoms with Crippen LogP contribution in [0.4, 0.5) is 10.1 Å². The third kappa shape index (κ3) is 4.31. The van der Waals surface area contributed by atoms with Gasteiger partial charge in [0.1, 0.15) is 5.82 Å². The SMILES string of the molecule is CS(=O)(=O)CS(=O)(=O)Nc1ccc(C#N)cc1F. The van der Waals surface area contributed by atoms with E-state index in [1.807, 2.05) is 0 Å². The molecule has 1 N–H and O–H groups in total. The summed E-state index contributed by atoms with van der Waals surface area (Å²) in [6.07, 6.45) is 0.751. The Morgan fingerprint density at radius 1 is 1.33 bits per heavy atom. The number of hydrogen-bond acceptors (Lipinski definition) is 5. The summed E-state index contributed by atoms with van der Waals surface area (Å²) in [5, 5.41) is 7.36. The average Bonchev–Trinajstić information content (AvgIpc) is 2.17. The molecule has 0 spiro atoms. The van der Waals surface area contributed by atoms with Gasteiger partial charge in [0, 0.05) is 6.26 Å². The van der Waals surface area contributed by atoms with E-state index in [1.165, 1.54) is 6.07 Å². The van der Waals surface area contributed by atoms with Crippen LogP contribution in [0.5, 0.6) is 0 Å². The molecule has 0 aliphatic carbocycles. The Morgan fingerprint density at radius 3 is 2.39 bits per heavy atom. The van der Waals surface area contributed by atoms with E-state index in [9.17, 15) is 21.2 Å². The molecule has 0 bridgehead atoms. The van der Waals surface area contributed by atoms with Crippen molar-refractivity contribution in [1.29, 1.82) is 5.26 Å². The second-order valence-corrected chi connectivity index (χ2v) is 7.79. The Morgan fingerprint density at radius 2 is 1.94 bits per heavy atom. The zero-order valence-electron chi connectivity index (χ0n) is 9.21. The van der Waals surface area contributed by atoms with Crippen LogP contribution >= 0.6 is 0 Å². The standard InChI is InChI=1S/C9H9FN2O4S2/c1-17(13,14)6-18(15,16)12-9-3-2-7(5-11)4-8(9)10/h2-4,12H,6H2,1H3. The number of anilines is 1. The Bertz CT molecular complexity index is 705. The second-order valence-electron chi connectivity index (χ2n) is 3.57. The summed E-state index contributed by atoms with van der Waals surface area (Å²) < 4.78 is 59.7. The molecule has 18 heavy (non-hydrogen) atoms. The largest absolute Gasteiger partial charge is 0.280 e. The number of sulfonamides is 1. The number of nitrogens with zero attached hydrogens (tertiary/aromatic N) is 1. The lowest BCUT2D eigenvalue weighted by Crippen LogP contribution is -2.22. The van der Waals surface area contributed by atoms with E-state index in [-0.39, 0.29) is 5.56 Å². The Kier molecular flexibility index (Phi) is 3.93. The maximum absolute atomic E-state index is 13.4. The summed E-state index contributed by atoms with van der Waals surface area (Å²) in [6.45, 7) is 0. The molecular formula is C9H9FN2O4S2. The first-order chi connectivity index (χ1) is 8.13. The molecule has 0 saturated heterocycles. The molecule has 0 aliphatic heterocycles. The predicted molar refractivity (Wildman–Crippen MR) is 63.4 cm³/mol. The van der Waals surface area contributed by atoms with Crippen molar-refractivity contribution in [3.8, 4) is 6.07 Å². The van der Waals surface area contributed by atoms with Crippen LogP contribution in [-0.2, 0) is 19.9 Å². The molecule has 1 rings (SSSR count). The summed E-state index contributed by atoms with van der Waals surface area (Å²) in [7, 11) is -7.95. The van der Waals surface area contributed by atoms with Gasteiger partial charge in [0.15, 0.2) is 14.9 Å². The maximum Gasteiger partial charge on any atom is 0.247 e. The van der Waals surface area contributed by atoms with E-state index in [4.69, 9.17) is 5.26 Å². The Balaban J connectivity index is 3.03. The summed E-state index contributed by atoms with van der Waals surface area (Å²) in [5.74, 6) is -0.953. The van der Waals surface area contributed by atoms with Crippen molar-refractivity contribution in [2.75, 3.05) is 16.1 Å². The number of rotatable bonds is 4. The first-order valence-electron chi connectivity index (χ1n) is 4.51. The van der Waals surface area contributed by atoms with Crippen molar-refractivity contribution < 1.29 is 21.2 Å². The molecule has 0 atom stereocenters. The van der Waals surface area contributed by atoms with Gasteiger partial charge in [-0.05, 0) is 18.2 Å². The van der Waals surface area contributed by atoms with Gasteiger partial charge >= 0.3 is 0 Å². The highest BCUT2D eigenvalue weighted by Crippen LogP contribution is 2.17. The van der Waals surface area contributed by atoms with Crippen molar-refractivity contribution in [1.82, 2.24) is 0 Å². The van der Waals surface area contributed by atoms with Crippen LogP contribution in [-0.4, -0.2) is 28.2 Å². The van der Waals surface area contributed by atoms with E-state index in [0.717, 1.165) is 18.4 Å². The van der Waals surface area contributed by atoms with E-state index in [1.54, 1.807) is 10.8 Å². The average molecular weight is 292 g/mol. The first kappa shape index (κ1) is 14.4. The molecule has 6 nitrogen and oxygen atoms in total. The molecule has 1 aromatic carbocycles. The van der Waals surface area contributed by atoms with E-state index < -0.39 is 36.5 Å². The number of halogens is 1. The molecule has 0 fully saturated rings. The molecule has 0 aliphatic rings. The minimum atomic E-state index is -4.20. The topological polar surface area (TPSA) is 104 Å². The summed E-state index contributed by atoms with van der Waals surface area (Å²) in [6, 6.07) is 4.79. The zero-order chi connectivity index (χ0) is 14.0. The molecular weight excluding hydrogens is 283 g/mol. The van der Waals surface area contributed by atoms with Gasteiger partial charge in [0.05, 0.1) is 17.3 Å². The number of benzene rings is 1. The lowest BCUT2D eigenvalue weighted by atomic mass is 10.2. The third-order valence-electron chi connectivity index (χ3n) is 1.73. The third-order valence-corrected chi connectivity index (χ3v) is 5.22. The quantitative estimate of drug-likeness (QED) is 0.867. The molecule has 1 aromatic rings. The minimum Gasteiger partial charge on any atom is -0.280 e. The summed E-state index contributed by atoms with van der Waals surface area (Å²) in [4.78, 5) is 0. The maximum atomic E-state index is 13.4. The minimum absolute atomic E-state index is 0.0264. The van der Waals surface area contributed by atoms with Gasteiger partial charge in [0.25, 0.3) is 0 Å². The molecule has 0 unspecified atom stereocenters. The van der Waals surface area contributed by atoms with Gasteiger partial charge in [-0.2, -0.15) is 5.26 Å². The Hall–Kier alpha value is -1.66. The fourth-order valence-electron chi connectivity index (χ4n) is 1.15. The molecule has 9 heteroatoms. The summed E-state index contributed by atoms with van der Waals surface area (Å²) >= 11 is 0. The van der Waals surface area contributed by atoms with Crippen molar-refractivity contribution in [3.05, 3.63) is 29.6 Å². The lowest BCUT2D eigenvalue weighted by Gasteiger charge is -2.07. The van der Waals surface area contributed by atoms with Gasteiger partial charge in [-0.1, -0.05) is 0 Å². The monoisotopic (exact) mass is 292 g/mol. The van der Waals surface area contributed by atoms with Crippen molar-refractivity contribution in [2.24, 2.45) is 0 Å². The second kappa shape index (κ2) is 4.91. The van der Waals surface area contributed by atoms with Gasteiger partial charge in [-0.25, -0.2) is 21.2 Å². The van der Waals surface area contributed by atoms with E-state index in [2.05, 4.69) is 0 Å². The van der Waals surface area contributed by atoms with Gasteiger partial charge in [-0.15, -0.1) is 0 Å². The van der Waals surface area contributed by atoms with Crippen molar-refractivity contribution >= 4 is 25.5 Å². The van der Waals surface area contributed by atoms with E-state index >= 15 is 0 Å². The van der Waals surface area contributed by atoms with Crippen LogP contribution < -0.4 is 4.72 Å². The van der Waals surface area contributed by atoms with E-state index in [0.29, 0.717) is 0 Å². The predicted octanol–water partition coefficient (Wildman–Crippen LogP) is 0.441. The summed E-state index contributed by atoms with van der Waals surface area (Å²) in [5.41, 5.74) is -0.379. The normalized spacial score (nSPS) is 11.8.